The van der Waals surface area contributed by atoms with Crippen LogP contribution in [-0.4, -0.2) is 4.98 Å². The lowest BCUT2D eigenvalue weighted by Crippen LogP contribution is -2.12. The van der Waals surface area contributed by atoms with Gasteiger partial charge < -0.3 is 0 Å². The fourth-order valence-corrected chi connectivity index (χ4v) is 3.56. The van der Waals surface area contributed by atoms with Crippen molar-refractivity contribution in [1.82, 2.24) is 4.98 Å². The SMILES string of the molecule is CCC(c1cccc(C2CC2)n1)C(C)CCc1ccc(Cl)cc1. The highest BCUT2D eigenvalue weighted by molar-refractivity contribution is 6.30. The average molecular weight is 328 g/mol. The Morgan fingerprint density at radius 1 is 1.13 bits per heavy atom. The highest BCUT2D eigenvalue weighted by atomic mass is 35.5. The maximum absolute atomic E-state index is 5.96. The third-order valence-electron chi connectivity index (χ3n) is 5.10. The van der Waals surface area contributed by atoms with Gasteiger partial charge in [-0.3, -0.25) is 4.98 Å². The molecule has 2 atom stereocenters. The molecule has 2 unspecified atom stereocenters. The summed E-state index contributed by atoms with van der Waals surface area (Å²) >= 11 is 5.96. The normalized spacial score (nSPS) is 17.0. The molecule has 1 nitrogen and oxygen atoms in total. The van der Waals surface area contributed by atoms with Gasteiger partial charge in [0.05, 0.1) is 0 Å². The van der Waals surface area contributed by atoms with Gasteiger partial charge in [0.2, 0.25) is 0 Å². The molecule has 0 aliphatic heterocycles. The second kappa shape index (κ2) is 7.49. The molecule has 0 spiro atoms. The molecule has 2 heteroatoms. The summed E-state index contributed by atoms with van der Waals surface area (Å²) in [6.07, 6.45) is 6.09. The summed E-state index contributed by atoms with van der Waals surface area (Å²) in [5.74, 6) is 1.93. The van der Waals surface area contributed by atoms with Gasteiger partial charge in [0, 0.05) is 28.2 Å². The second-order valence-corrected chi connectivity index (χ2v) is 7.36. The quantitative estimate of drug-likeness (QED) is 0.575. The Kier molecular flexibility index (Phi) is 5.38. The van der Waals surface area contributed by atoms with Crippen molar-refractivity contribution in [1.29, 1.82) is 0 Å². The van der Waals surface area contributed by atoms with Crippen molar-refractivity contribution >= 4 is 11.6 Å². The molecule has 1 aliphatic carbocycles. The van der Waals surface area contributed by atoms with E-state index in [1.54, 1.807) is 0 Å². The summed E-state index contributed by atoms with van der Waals surface area (Å²) in [6.45, 7) is 4.66. The first-order valence-corrected chi connectivity index (χ1v) is 9.26. The van der Waals surface area contributed by atoms with Crippen molar-refractivity contribution in [2.75, 3.05) is 0 Å². The molecule has 2 aromatic rings. The molecule has 23 heavy (non-hydrogen) atoms. The van der Waals surface area contributed by atoms with Gasteiger partial charge in [-0.05, 0) is 67.9 Å². The van der Waals surface area contributed by atoms with Gasteiger partial charge in [0.25, 0.3) is 0 Å². The van der Waals surface area contributed by atoms with Crippen LogP contribution in [0.4, 0.5) is 0 Å². The van der Waals surface area contributed by atoms with Crippen molar-refractivity contribution in [2.24, 2.45) is 5.92 Å². The van der Waals surface area contributed by atoms with E-state index in [1.807, 2.05) is 12.1 Å². The van der Waals surface area contributed by atoms with Crippen LogP contribution >= 0.6 is 11.6 Å². The number of aromatic nitrogens is 1. The Bertz CT molecular complexity index is 631. The maximum atomic E-state index is 5.96. The lowest BCUT2D eigenvalue weighted by Gasteiger charge is -2.23. The summed E-state index contributed by atoms with van der Waals surface area (Å²) in [5, 5.41) is 0.814. The van der Waals surface area contributed by atoms with E-state index in [1.165, 1.54) is 36.2 Å². The summed E-state index contributed by atoms with van der Waals surface area (Å²) in [6, 6.07) is 14.9. The van der Waals surface area contributed by atoms with Crippen LogP contribution < -0.4 is 0 Å². The Hall–Kier alpha value is -1.34. The zero-order valence-corrected chi connectivity index (χ0v) is 14.9. The predicted octanol–water partition coefficient (Wildman–Crippen LogP) is 6.37. The van der Waals surface area contributed by atoms with E-state index in [0.717, 1.165) is 23.8 Å². The van der Waals surface area contributed by atoms with Gasteiger partial charge in [-0.1, -0.05) is 43.6 Å². The predicted molar refractivity (Wildman–Crippen MR) is 98.2 cm³/mol. The molecule has 1 heterocycles. The van der Waals surface area contributed by atoms with Crippen molar-refractivity contribution in [2.45, 2.75) is 57.8 Å². The molecule has 0 saturated heterocycles. The molecular weight excluding hydrogens is 302 g/mol. The maximum Gasteiger partial charge on any atom is 0.0440 e. The number of halogens is 1. The second-order valence-electron chi connectivity index (χ2n) is 6.92. The van der Waals surface area contributed by atoms with E-state index in [0.29, 0.717) is 11.8 Å². The van der Waals surface area contributed by atoms with E-state index in [2.05, 4.69) is 44.2 Å². The molecule has 0 N–H and O–H groups in total. The van der Waals surface area contributed by atoms with Crippen LogP contribution in [0.5, 0.6) is 0 Å². The van der Waals surface area contributed by atoms with Gasteiger partial charge in [0.1, 0.15) is 0 Å². The third-order valence-corrected chi connectivity index (χ3v) is 5.35. The van der Waals surface area contributed by atoms with E-state index in [4.69, 9.17) is 16.6 Å². The molecule has 1 saturated carbocycles. The molecule has 3 rings (SSSR count). The molecule has 0 amide bonds. The summed E-state index contributed by atoms with van der Waals surface area (Å²) < 4.78 is 0. The van der Waals surface area contributed by atoms with Gasteiger partial charge in [-0.15, -0.1) is 0 Å². The monoisotopic (exact) mass is 327 g/mol. The number of nitrogens with zero attached hydrogens (tertiary/aromatic N) is 1. The van der Waals surface area contributed by atoms with E-state index in [9.17, 15) is 0 Å². The lowest BCUT2D eigenvalue weighted by molar-refractivity contribution is 0.411. The molecule has 1 aromatic heterocycles. The fraction of sp³-hybridized carbons (Fsp3) is 0.476. The van der Waals surface area contributed by atoms with Crippen molar-refractivity contribution in [3.05, 3.63) is 64.4 Å². The Labute approximate surface area is 145 Å². The van der Waals surface area contributed by atoms with Crippen LogP contribution in [0, 0.1) is 5.92 Å². The smallest absolute Gasteiger partial charge is 0.0440 e. The standard InChI is InChI=1S/C21H26ClN/c1-3-19(21-6-4-5-20(23-21)17-11-12-17)15(2)7-8-16-9-13-18(22)14-10-16/h4-6,9-10,13-15,17,19H,3,7-8,11-12H2,1-2H3. The molecule has 1 aliphatic rings. The Balaban J connectivity index is 1.64. The van der Waals surface area contributed by atoms with Crippen LogP contribution in [0.15, 0.2) is 42.5 Å². The number of hydrogen-bond donors (Lipinski definition) is 0. The first-order valence-electron chi connectivity index (χ1n) is 8.88. The van der Waals surface area contributed by atoms with Crippen molar-refractivity contribution in [3.63, 3.8) is 0 Å². The highest BCUT2D eigenvalue weighted by Gasteiger charge is 2.26. The molecule has 1 aromatic carbocycles. The Morgan fingerprint density at radius 2 is 1.87 bits per heavy atom. The number of benzene rings is 1. The first-order chi connectivity index (χ1) is 11.2. The number of hydrogen-bond acceptors (Lipinski definition) is 1. The molecule has 122 valence electrons. The van der Waals surface area contributed by atoms with Crippen LogP contribution in [0.2, 0.25) is 5.02 Å². The molecule has 0 radical (unpaired) electrons. The van der Waals surface area contributed by atoms with Crippen molar-refractivity contribution in [3.8, 4) is 0 Å². The number of aryl methyl sites for hydroxylation is 1. The first kappa shape index (κ1) is 16.5. The topological polar surface area (TPSA) is 12.9 Å². The zero-order valence-electron chi connectivity index (χ0n) is 14.1. The summed E-state index contributed by atoms with van der Waals surface area (Å²) in [7, 11) is 0. The molecular formula is C21H26ClN. The largest absolute Gasteiger partial charge is 0.257 e. The minimum Gasteiger partial charge on any atom is -0.257 e. The van der Waals surface area contributed by atoms with Gasteiger partial charge in [-0.25, -0.2) is 0 Å². The third kappa shape index (κ3) is 4.35. The van der Waals surface area contributed by atoms with E-state index >= 15 is 0 Å². The van der Waals surface area contributed by atoms with E-state index in [-0.39, 0.29) is 0 Å². The fourth-order valence-electron chi connectivity index (χ4n) is 3.43. The van der Waals surface area contributed by atoms with Crippen LogP contribution in [0.25, 0.3) is 0 Å². The molecule has 1 fully saturated rings. The van der Waals surface area contributed by atoms with E-state index < -0.39 is 0 Å². The average Bonchev–Trinajstić information content (AvgIpc) is 3.40. The minimum atomic E-state index is 0.556. The summed E-state index contributed by atoms with van der Waals surface area (Å²) in [5.41, 5.74) is 3.97. The van der Waals surface area contributed by atoms with Crippen LogP contribution in [0.3, 0.4) is 0 Å². The van der Waals surface area contributed by atoms with Gasteiger partial charge in [0.15, 0.2) is 0 Å². The van der Waals surface area contributed by atoms with Gasteiger partial charge in [-0.2, -0.15) is 0 Å². The number of rotatable bonds is 7. The zero-order chi connectivity index (χ0) is 16.2. The lowest BCUT2D eigenvalue weighted by atomic mass is 9.84. The van der Waals surface area contributed by atoms with Gasteiger partial charge >= 0.3 is 0 Å². The minimum absolute atomic E-state index is 0.556. The number of pyridine rings is 1. The highest BCUT2D eigenvalue weighted by Crippen LogP contribution is 2.40. The Morgan fingerprint density at radius 3 is 2.52 bits per heavy atom. The van der Waals surface area contributed by atoms with Crippen LogP contribution in [0.1, 0.15) is 68.3 Å². The molecule has 0 bridgehead atoms. The van der Waals surface area contributed by atoms with Crippen LogP contribution in [-0.2, 0) is 6.42 Å². The summed E-state index contributed by atoms with van der Waals surface area (Å²) in [4.78, 5) is 4.98. The van der Waals surface area contributed by atoms with Crippen molar-refractivity contribution < 1.29 is 0 Å².